The largest absolute Gasteiger partial charge is 0.296 e. The number of carbonyl (C=O) groups excluding carboxylic acids is 2. The molecule has 0 bridgehead atoms. The number of imide groups is 1. The molecule has 0 aromatic carbocycles. The molecule has 2 aliphatic heterocycles. The highest BCUT2D eigenvalue weighted by Crippen LogP contribution is 2.41. The van der Waals surface area contributed by atoms with Gasteiger partial charge in [0.15, 0.2) is 0 Å². The van der Waals surface area contributed by atoms with Crippen LogP contribution < -0.4 is 5.32 Å². The van der Waals surface area contributed by atoms with Crippen molar-refractivity contribution < 1.29 is 9.59 Å². The molecule has 72 valence electrons. The van der Waals surface area contributed by atoms with Crippen LogP contribution in [0.4, 0.5) is 0 Å². The third kappa shape index (κ3) is 1.88. The molecule has 2 aliphatic rings. The predicted molar refractivity (Wildman–Crippen MR) is 51.4 cm³/mol. The SMILES string of the molecule is O=C1CC2(CCCSC2)CC(=O)N1. The lowest BCUT2D eigenvalue weighted by molar-refractivity contribution is -0.137. The van der Waals surface area contributed by atoms with Gasteiger partial charge in [0.25, 0.3) is 0 Å². The van der Waals surface area contributed by atoms with Crippen LogP contribution in [-0.2, 0) is 9.59 Å². The molecule has 2 saturated heterocycles. The number of rotatable bonds is 0. The molecule has 1 N–H and O–H groups in total. The van der Waals surface area contributed by atoms with Gasteiger partial charge in [-0.3, -0.25) is 14.9 Å². The molecule has 2 amide bonds. The number of hydrogen-bond donors (Lipinski definition) is 1. The Morgan fingerprint density at radius 3 is 2.46 bits per heavy atom. The van der Waals surface area contributed by atoms with Gasteiger partial charge in [0, 0.05) is 12.8 Å². The minimum atomic E-state index is -0.0845. The fraction of sp³-hybridized carbons (Fsp3) is 0.778. The molecule has 2 heterocycles. The van der Waals surface area contributed by atoms with Crippen molar-refractivity contribution in [2.75, 3.05) is 11.5 Å². The topological polar surface area (TPSA) is 46.2 Å². The first-order chi connectivity index (χ1) is 6.20. The maximum atomic E-state index is 11.2. The zero-order valence-electron chi connectivity index (χ0n) is 7.47. The highest BCUT2D eigenvalue weighted by atomic mass is 32.2. The van der Waals surface area contributed by atoms with E-state index in [1.165, 1.54) is 5.75 Å². The van der Waals surface area contributed by atoms with E-state index in [4.69, 9.17) is 0 Å². The Labute approximate surface area is 81.6 Å². The second-order valence-electron chi connectivity index (χ2n) is 3.98. The van der Waals surface area contributed by atoms with Crippen LogP contribution in [0.2, 0.25) is 0 Å². The summed E-state index contributed by atoms with van der Waals surface area (Å²) >= 11 is 1.87. The fourth-order valence-corrected chi connectivity index (χ4v) is 3.45. The maximum absolute atomic E-state index is 11.2. The van der Waals surface area contributed by atoms with Gasteiger partial charge in [-0.25, -0.2) is 0 Å². The van der Waals surface area contributed by atoms with E-state index in [1.54, 1.807) is 0 Å². The maximum Gasteiger partial charge on any atom is 0.227 e. The molecule has 0 aromatic rings. The number of piperidine rings is 1. The average molecular weight is 199 g/mol. The zero-order valence-corrected chi connectivity index (χ0v) is 8.28. The zero-order chi connectivity index (χ0) is 9.31. The Hall–Kier alpha value is -0.510. The summed E-state index contributed by atoms with van der Waals surface area (Å²) in [5, 5.41) is 2.36. The van der Waals surface area contributed by atoms with E-state index >= 15 is 0 Å². The van der Waals surface area contributed by atoms with Crippen LogP contribution in [0, 0.1) is 5.41 Å². The molecule has 0 saturated carbocycles. The molecule has 13 heavy (non-hydrogen) atoms. The van der Waals surface area contributed by atoms with Gasteiger partial charge in [0.1, 0.15) is 0 Å². The minimum absolute atomic E-state index is 0.00231. The van der Waals surface area contributed by atoms with Crippen molar-refractivity contribution in [2.24, 2.45) is 5.41 Å². The van der Waals surface area contributed by atoms with Crippen LogP contribution in [0.25, 0.3) is 0 Å². The van der Waals surface area contributed by atoms with E-state index in [2.05, 4.69) is 5.32 Å². The van der Waals surface area contributed by atoms with E-state index < -0.39 is 0 Å². The molecule has 4 heteroatoms. The molecule has 3 nitrogen and oxygen atoms in total. The van der Waals surface area contributed by atoms with E-state index in [-0.39, 0.29) is 17.2 Å². The molecule has 0 aliphatic carbocycles. The van der Waals surface area contributed by atoms with Crippen LogP contribution in [0.1, 0.15) is 25.7 Å². The third-order valence-electron chi connectivity index (χ3n) is 2.75. The van der Waals surface area contributed by atoms with Crippen molar-refractivity contribution in [2.45, 2.75) is 25.7 Å². The van der Waals surface area contributed by atoms with Crippen LogP contribution in [0.3, 0.4) is 0 Å². The first kappa shape index (κ1) is 9.06. The first-order valence-electron chi connectivity index (χ1n) is 4.61. The van der Waals surface area contributed by atoms with Crippen molar-refractivity contribution in [3.05, 3.63) is 0 Å². The van der Waals surface area contributed by atoms with Gasteiger partial charge in [-0.15, -0.1) is 0 Å². The van der Waals surface area contributed by atoms with Crippen LogP contribution in [0.5, 0.6) is 0 Å². The van der Waals surface area contributed by atoms with Crippen molar-refractivity contribution in [1.82, 2.24) is 5.32 Å². The summed E-state index contributed by atoms with van der Waals surface area (Å²) in [7, 11) is 0. The average Bonchev–Trinajstić information content (AvgIpc) is 2.02. The van der Waals surface area contributed by atoms with Gasteiger partial charge in [0.2, 0.25) is 11.8 Å². The summed E-state index contributed by atoms with van der Waals surface area (Å²) in [4.78, 5) is 22.4. The van der Waals surface area contributed by atoms with E-state index in [0.717, 1.165) is 18.6 Å². The number of thioether (sulfide) groups is 1. The Balaban J connectivity index is 2.11. The molecule has 1 spiro atoms. The summed E-state index contributed by atoms with van der Waals surface area (Å²) in [6.45, 7) is 0. The van der Waals surface area contributed by atoms with Crippen molar-refractivity contribution in [1.29, 1.82) is 0 Å². The quantitative estimate of drug-likeness (QED) is 0.590. The normalized spacial score (nSPS) is 27.4. The Bertz CT molecular complexity index is 228. The molecule has 2 rings (SSSR count). The van der Waals surface area contributed by atoms with Crippen LogP contribution in [-0.4, -0.2) is 23.3 Å². The van der Waals surface area contributed by atoms with Gasteiger partial charge >= 0.3 is 0 Å². The fourth-order valence-electron chi connectivity index (χ4n) is 2.18. The molecule has 0 atom stereocenters. The Morgan fingerprint density at radius 2 is 1.92 bits per heavy atom. The monoisotopic (exact) mass is 199 g/mol. The van der Waals surface area contributed by atoms with Crippen LogP contribution in [0.15, 0.2) is 0 Å². The van der Waals surface area contributed by atoms with Crippen LogP contribution >= 0.6 is 11.8 Å². The third-order valence-corrected chi connectivity index (χ3v) is 4.15. The molecule has 2 fully saturated rings. The summed E-state index contributed by atoms with van der Waals surface area (Å²) < 4.78 is 0. The molecular formula is C9H13NO2S. The Kier molecular flexibility index (Phi) is 2.32. The summed E-state index contributed by atoms with van der Waals surface area (Å²) in [5.74, 6) is 1.99. The van der Waals surface area contributed by atoms with E-state index in [9.17, 15) is 9.59 Å². The highest BCUT2D eigenvalue weighted by molar-refractivity contribution is 7.99. The second kappa shape index (κ2) is 3.33. The second-order valence-corrected chi connectivity index (χ2v) is 5.09. The van der Waals surface area contributed by atoms with E-state index in [0.29, 0.717) is 12.8 Å². The minimum Gasteiger partial charge on any atom is -0.296 e. The predicted octanol–water partition coefficient (Wildman–Crippen LogP) is 0.936. The van der Waals surface area contributed by atoms with Gasteiger partial charge in [0.05, 0.1) is 0 Å². The summed E-state index contributed by atoms with van der Waals surface area (Å²) in [6, 6.07) is 0. The molecule has 0 radical (unpaired) electrons. The van der Waals surface area contributed by atoms with Gasteiger partial charge in [-0.1, -0.05) is 0 Å². The van der Waals surface area contributed by atoms with Crippen molar-refractivity contribution in [3.8, 4) is 0 Å². The standard InChI is InChI=1S/C9H13NO2S/c11-7-4-9(5-8(12)10-7)2-1-3-13-6-9/h1-6H2,(H,10,11,12). The summed E-state index contributed by atoms with van der Waals surface area (Å²) in [6.07, 6.45) is 3.28. The molecule has 0 unspecified atom stereocenters. The van der Waals surface area contributed by atoms with Crippen molar-refractivity contribution in [3.63, 3.8) is 0 Å². The molecular weight excluding hydrogens is 186 g/mol. The number of carbonyl (C=O) groups is 2. The summed E-state index contributed by atoms with van der Waals surface area (Å²) in [5.41, 5.74) is 0.00231. The lowest BCUT2D eigenvalue weighted by Crippen LogP contribution is -2.46. The number of nitrogens with one attached hydrogen (secondary N) is 1. The molecule has 0 aromatic heterocycles. The lowest BCUT2D eigenvalue weighted by atomic mass is 9.76. The van der Waals surface area contributed by atoms with Gasteiger partial charge in [-0.05, 0) is 29.8 Å². The number of amides is 2. The smallest absolute Gasteiger partial charge is 0.227 e. The van der Waals surface area contributed by atoms with Gasteiger partial charge in [-0.2, -0.15) is 11.8 Å². The lowest BCUT2D eigenvalue weighted by Gasteiger charge is -2.38. The Morgan fingerprint density at radius 1 is 1.23 bits per heavy atom. The number of hydrogen-bond acceptors (Lipinski definition) is 3. The first-order valence-corrected chi connectivity index (χ1v) is 5.76. The van der Waals surface area contributed by atoms with E-state index in [1.807, 2.05) is 11.8 Å². The van der Waals surface area contributed by atoms with Crippen molar-refractivity contribution >= 4 is 23.6 Å². The van der Waals surface area contributed by atoms with Gasteiger partial charge < -0.3 is 0 Å². The highest BCUT2D eigenvalue weighted by Gasteiger charge is 2.40.